The van der Waals surface area contributed by atoms with Gasteiger partial charge in [-0.15, -0.1) is 0 Å². The summed E-state index contributed by atoms with van der Waals surface area (Å²) >= 11 is 0. The molecule has 0 unspecified atom stereocenters. The van der Waals surface area contributed by atoms with Crippen LogP contribution in [0.2, 0.25) is 0 Å². The lowest BCUT2D eigenvalue weighted by Crippen LogP contribution is -2.26. The molecule has 82 heavy (non-hydrogen) atoms. The minimum atomic E-state index is 0.346. The van der Waals surface area contributed by atoms with E-state index in [-0.39, 0.29) is 0 Å². The van der Waals surface area contributed by atoms with Crippen molar-refractivity contribution in [2.24, 2.45) is 65.1 Å². The monoisotopic (exact) mass is 1170 g/mol. The first-order chi connectivity index (χ1) is 38.3. The number of hydrogen-bond donors (Lipinski definition) is 0. The van der Waals surface area contributed by atoms with Gasteiger partial charge in [0.15, 0.2) is 0 Å². The minimum absolute atomic E-state index is 0.346. The summed E-state index contributed by atoms with van der Waals surface area (Å²) in [6.45, 7) is 67.2. The van der Waals surface area contributed by atoms with E-state index in [4.69, 9.17) is 33.2 Å². The normalized spacial score (nSPS) is 17.5. The Balaban J connectivity index is -0.000000284. The van der Waals surface area contributed by atoms with Crippen molar-refractivity contribution in [2.75, 3.05) is 46.2 Å². The SMILES string of the molecule is CC(C)C/C=C/COC(C)C.CC(C)C/C=C\COC(C)C.CC(C)CCCCOC(C)C.CC(C)CCCOC(C)C.CC(C)CCOC(C)C.CC(C)C[C@@H]1CCCC[C@@H]1COC(C)C.CC(C)C[C@H]1CCCC[C@@H]1COC(C)C. The van der Waals surface area contributed by atoms with Crippen molar-refractivity contribution >= 4 is 0 Å². The van der Waals surface area contributed by atoms with Gasteiger partial charge in [-0.2, -0.15) is 0 Å². The zero-order chi connectivity index (χ0) is 63.8. The zero-order valence-corrected chi connectivity index (χ0v) is 61.2. The second-order valence-corrected chi connectivity index (χ2v) is 29.0. The molecular formula is C75H156O7. The van der Waals surface area contributed by atoms with Crippen LogP contribution in [-0.4, -0.2) is 89.0 Å². The molecule has 0 aromatic heterocycles. The summed E-state index contributed by atoms with van der Waals surface area (Å²) < 4.78 is 38.4. The van der Waals surface area contributed by atoms with E-state index in [1.54, 1.807) is 0 Å². The topological polar surface area (TPSA) is 64.6 Å². The van der Waals surface area contributed by atoms with E-state index < -0.39 is 0 Å². The Kier molecular flexibility index (Phi) is 69.4. The predicted molar refractivity (Wildman–Crippen MR) is 367 cm³/mol. The van der Waals surface area contributed by atoms with Gasteiger partial charge in [0, 0.05) is 33.0 Å². The van der Waals surface area contributed by atoms with Crippen LogP contribution in [0.1, 0.15) is 309 Å². The molecule has 0 N–H and O–H groups in total. The van der Waals surface area contributed by atoms with Gasteiger partial charge >= 0.3 is 0 Å². The maximum absolute atomic E-state index is 5.79. The molecule has 0 spiro atoms. The van der Waals surface area contributed by atoms with Crippen molar-refractivity contribution in [1.29, 1.82) is 0 Å². The predicted octanol–water partition coefficient (Wildman–Crippen LogP) is 23.1. The van der Waals surface area contributed by atoms with Crippen LogP contribution < -0.4 is 0 Å². The van der Waals surface area contributed by atoms with Gasteiger partial charge in [-0.05, 0) is 226 Å². The lowest BCUT2D eigenvalue weighted by molar-refractivity contribution is 0.0181. The van der Waals surface area contributed by atoms with Crippen molar-refractivity contribution in [1.82, 2.24) is 0 Å². The Bertz CT molecular complexity index is 1170. The number of hydrogen-bond acceptors (Lipinski definition) is 7. The Morgan fingerprint density at radius 2 is 0.561 bits per heavy atom. The fraction of sp³-hybridized carbons (Fsp3) is 0.947. The molecule has 498 valence electrons. The summed E-state index contributed by atoms with van der Waals surface area (Å²) in [7, 11) is 0. The number of rotatable bonds is 35. The van der Waals surface area contributed by atoms with Crippen molar-refractivity contribution in [3.05, 3.63) is 24.3 Å². The summed E-state index contributed by atoms with van der Waals surface area (Å²) in [6.07, 6.45) is 35.2. The minimum Gasteiger partial charge on any atom is -0.379 e. The molecule has 0 aliphatic heterocycles. The third kappa shape index (κ3) is 83.4. The van der Waals surface area contributed by atoms with Crippen molar-refractivity contribution in [3.8, 4) is 0 Å². The first-order valence-electron chi connectivity index (χ1n) is 34.9. The first-order valence-corrected chi connectivity index (χ1v) is 34.9. The summed E-state index contributed by atoms with van der Waals surface area (Å²) in [4.78, 5) is 0. The van der Waals surface area contributed by atoms with Crippen LogP contribution in [-0.2, 0) is 33.2 Å². The third-order valence-corrected chi connectivity index (χ3v) is 13.7. The molecule has 2 saturated carbocycles. The number of ether oxygens (including phenoxy) is 7. The molecule has 0 amide bonds. The van der Waals surface area contributed by atoms with Gasteiger partial charge in [-0.3, -0.25) is 0 Å². The molecule has 0 saturated heterocycles. The van der Waals surface area contributed by atoms with Gasteiger partial charge in [0.2, 0.25) is 0 Å². The maximum Gasteiger partial charge on any atom is 0.0650 e. The molecule has 4 atom stereocenters. The van der Waals surface area contributed by atoms with E-state index in [1.807, 2.05) is 0 Å². The van der Waals surface area contributed by atoms with Crippen LogP contribution in [0.15, 0.2) is 24.3 Å². The highest BCUT2D eigenvalue weighted by Gasteiger charge is 2.27. The Labute approximate surface area is 518 Å². The molecule has 2 rings (SSSR count). The zero-order valence-electron chi connectivity index (χ0n) is 61.2. The van der Waals surface area contributed by atoms with Crippen LogP contribution in [0.4, 0.5) is 0 Å². The van der Waals surface area contributed by atoms with E-state index in [9.17, 15) is 0 Å². The smallest absolute Gasteiger partial charge is 0.0650 e. The maximum atomic E-state index is 5.79. The van der Waals surface area contributed by atoms with Crippen molar-refractivity contribution in [3.63, 3.8) is 0 Å². The summed E-state index contributed by atoms with van der Waals surface area (Å²) in [5, 5.41) is 0. The highest BCUT2D eigenvalue weighted by molar-refractivity contribution is 4.83. The fourth-order valence-electron chi connectivity index (χ4n) is 9.16. The average Bonchev–Trinajstić information content (AvgIpc) is 3.34. The Hall–Kier alpha value is -0.800. The molecule has 7 heteroatoms. The highest BCUT2D eigenvalue weighted by atomic mass is 16.5. The Morgan fingerprint density at radius 1 is 0.268 bits per heavy atom. The van der Waals surface area contributed by atoms with E-state index in [2.05, 4.69) is 218 Å². The van der Waals surface area contributed by atoms with E-state index in [0.717, 1.165) is 124 Å². The molecular weight excluding hydrogens is 1010 g/mol. The molecule has 2 aliphatic carbocycles. The third-order valence-electron chi connectivity index (χ3n) is 13.7. The quantitative estimate of drug-likeness (QED) is 0.0463. The van der Waals surface area contributed by atoms with Gasteiger partial charge in [0.1, 0.15) is 0 Å². The standard InChI is InChI=1S/2C14H28O.C10H22O.2C10H20O.C9H20O.C8H18O/c2*1-11(2)9-13-7-5-6-8-14(13)10-15-12(3)4;3*1-9(2)7-5-6-8-11-10(3)4;1-8(2)6-5-7-10-9(3)4;1-7(2)5-6-9-8(3)4/h2*11-14H,5-10H2,1-4H3;9-10H,5-8H2,1-4H3;2*5-6,9-10H,7-8H2,1-4H3;8-9H,5-7H2,1-4H3;7-8H,5-6H2,1-4H3/b;;;6-5+;6-5-;;/t13-,14+;13-,14-;;;;;/m01...../s1. The summed E-state index contributed by atoms with van der Waals surface area (Å²) in [6, 6.07) is 0. The van der Waals surface area contributed by atoms with Gasteiger partial charge < -0.3 is 33.2 Å². The van der Waals surface area contributed by atoms with E-state index in [0.29, 0.717) is 42.7 Å². The molecule has 0 radical (unpaired) electrons. The largest absolute Gasteiger partial charge is 0.379 e. The molecule has 0 bridgehead atoms. The second kappa shape index (κ2) is 63.2. The molecule has 7 nitrogen and oxygen atoms in total. The van der Waals surface area contributed by atoms with Gasteiger partial charge in [0.05, 0.1) is 55.9 Å². The lowest BCUT2D eigenvalue weighted by atomic mass is 9.76. The van der Waals surface area contributed by atoms with Gasteiger partial charge in [-0.25, -0.2) is 0 Å². The number of allylic oxidation sites excluding steroid dienone is 2. The molecule has 2 aliphatic rings. The van der Waals surface area contributed by atoms with Gasteiger partial charge in [0.25, 0.3) is 0 Å². The number of unbranched alkanes of at least 4 members (excludes halogenated alkanes) is 1. The summed E-state index contributed by atoms with van der Waals surface area (Å²) in [5.74, 6) is 9.15. The molecule has 0 aromatic carbocycles. The summed E-state index contributed by atoms with van der Waals surface area (Å²) in [5.41, 5.74) is 0. The van der Waals surface area contributed by atoms with Crippen molar-refractivity contribution < 1.29 is 33.2 Å². The Morgan fingerprint density at radius 3 is 0.854 bits per heavy atom. The van der Waals surface area contributed by atoms with Gasteiger partial charge in [-0.1, -0.05) is 173 Å². The van der Waals surface area contributed by atoms with Crippen LogP contribution in [0.3, 0.4) is 0 Å². The first kappa shape index (κ1) is 89.9. The van der Waals surface area contributed by atoms with E-state index in [1.165, 1.54) is 103 Å². The molecule has 0 aromatic rings. The highest BCUT2D eigenvalue weighted by Crippen LogP contribution is 2.36. The fourth-order valence-corrected chi connectivity index (χ4v) is 9.16. The van der Waals surface area contributed by atoms with Crippen molar-refractivity contribution in [2.45, 2.75) is 352 Å². The van der Waals surface area contributed by atoms with E-state index >= 15 is 0 Å². The molecule has 2 fully saturated rings. The lowest BCUT2D eigenvalue weighted by Gasteiger charge is -2.33. The average molecular weight is 1170 g/mol. The second-order valence-electron chi connectivity index (χ2n) is 29.0. The molecule has 0 heterocycles. The van der Waals surface area contributed by atoms with Crippen LogP contribution in [0, 0.1) is 65.1 Å². The van der Waals surface area contributed by atoms with Crippen LogP contribution in [0.5, 0.6) is 0 Å². The van der Waals surface area contributed by atoms with Crippen LogP contribution in [0.25, 0.3) is 0 Å². The van der Waals surface area contributed by atoms with Crippen LogP contribution >= 0.6 is 0 Å².